The van der Waals surface area contributed by atoms with Gasteiger partial charge in [0.2, 0.25) is 11.7 Å². The number of nitrogens with one attached hydrogen (secondary N) is 1. The summed E-state index contributed by atoms with van der Waals surface area (Å²) in [5.74, 6) is -4.58. The average Bonchev–Trinajstić information content (AvgIpc) is 3.39. The fourth-order valence-electron chi connectivity index (χ4n) is 2.68. The zero-order chi connectivity index (χ0) is 20.4. The van der Waals surface area contributed by atoms with E-state index in [1.54, 1.807) is 36.4 Å². The lowest BCUT2D eigenvalue weighted by atomic mass is 10.1. The van der Waals surface area contributed by atoms with Gasteiger partial charge in [0.1, 0.15) is 0 Å². The molecule has 0 spiro atoms. The van der Waals surface area contributed by atoms with Crippen molar-refractivity contribution in [3.8, 4) is 11.6 Å². The van der Waals surface area contributed by atoms with E-state index in [1.807, 2.05) is 0 Å². The van der Waals surface area contributed by atoms with E-state index in [0.29, 0.717) is 23.1 Å². The first kappa shape index (κ1) is 18.5. The molecule has 9 heteroatoms. The Labute approximate surface area is 162 Å². The highest BCUT2D eigenvalue weighted by molar-refractivity contribution is 6.04. The molecule has 1 amide bonds. The third kappa shape index (κ3) is 3.75. The Morgan fingerprint density at radius 2 is 1.83 bits per heavy atom. The normalized spacial score (nSPS) is 10.9. The molecule has 0 saturated heterocycles. The topological polar surface area (TPSA) is 81.2 Å². The maximum atomic E-state index is 13.9. The molecule has 0 radical (unpaired) electrons. The summed E-state index contributed by atoms with van der Waals surface area (Å²) in [6.07, 6.45) is 1.65. The third-order valence-electron chi connectivity index (χ3n) is 4.10. The summed E-state index contributed by atoms with van der Waals surface area (Å²) in [7, 11) is 0. The van der Waals surface area contributed by atoms with Crippen LogP contribution in [0.15, 0.2) is 63.7 Å². The van der Waals surface area contributed by atoms with Crippen molar-refractivity contribution in [3.05, 3.63) is 89.3 Å². The minimum Gasteiger partial charge on any atom is -0.461 e. The number of carbonyl (C=O) groups excluding carboxylic acids is 1. The standard InChI is InChI=1S/C20H12F3N3O3/c21-13-8-7-12(17(22)18(13)23)20(27)24-14-5-2-1-4-11(14)10-16-25-19(26-29-16)15-6-3-9-28-15/h1-9H,10H2,(H,24,27). The monoisotopic (exact) mass is 399 g/mol. The Hall–Kier alpha value is -3.88. The van der Waals surface area contributed by atoms with Gasteiger partial charge in [-0.25, -0.2) is 13.2 Å². The maximum absolute atomic E-state index is 13.9. The van der Waals surface area contributed by atoms with Crippen molar-refractivity contribution in [1.82, 2.24) is 10.1 Å². The average molecular weight is 399 g/mol. The van der Waals surface area contributed by atoms with Gasteiger partial charge in [0.25, 0.3) is 5.91 Å². The molecule has 0 saturated carbocycles. The first-order valence-corrected chi connectivity index (χ1v) is 8.42. The molecule has 4 rings (SSSR count). The highest BCUT2D eigenvalue weighted by Crippen LogP contribution is 2.23. The van der Waals surface area contributed by atoms with E-state index in [-0.39, 0.29) is 18.1 Å². The number of hydrogen-bond donors (Lipinski definition) is 1. The smallest absolute Gasteiger partial charge is 0.258 e. The minimum absolute atomic E-state index is 0.171. The van der Waals surface area contributed by atoms with Gasteiger partial charge in [0.05, 0.1) is 18.2 Å². The van der Waals surface area contributed by atoms with Gasteiger partial charge in [0, 0.05) is 5.69 Å². The zero-order valence-electron chi connectivity index (χ0n) is 14.7. The van der Waals surface area contributed by atoms with Gasteiger partial charge < -0.3 is 14.3 Å². The Balaban J connectivity index is 1.56. The van der Waals surface area contributed by atoms with Crippen LogP contribution in [0.5, 0.6) is 0 Å². The Morgan fingerprint density at radius 3 is 2.62 bits per heavy atom. The van der Waals surface area contributed by atoms with E-state index in [0.717, 1.165) is 6.07 Å². The SMILES string of the molecule is O=C(Nc1ccccc1Cc1nc(-c2ccco2)no1)c1ccc(F)c(F)c1F. The second-order valence-corrected chi connectivity index (χ2v) is 6.00. The molecule has 6 nitrogen and oxygen atoms in total. The van der Waals surface area contributed by atoms with E-state index in [1.165, 1.54) is 6.26 Å². The Kier molecular flexibility index (Phi) is 4.86. The van der Waals surface area contributed by atoms with Crippen molar-refractivity contribution in [3.63, 3.8) is 0 Å². The van der Waals surface area contributed by atoms with Gasteiger partial charge >= 0.3 is 0 Å². The second-order valence-electron chi connectivity index (χ2n) is 6.00. The number of hydrogen-bond acceptors (Lipinski definition) is 5. The molecule has 0 aliphatic heterocycles. The molecular weight excluding hydrogens is 387 g/mol. The second kappa shape index (κ2) is 7.63. The van der Waals surface area contributed by atoms with Crippen LogP contribution in [0.2, 0.25) is 0 Å². The molecule has 0 aliphatic carbocycles. The molecule has 29 heavy (non-hydrogen) atoms. The van der Waals surface area contributed by atoms with Crippen LogP contribution in [0.3, 0.4) is 0 Å². The van der Waals surface area contributed by atoms with Crippen LogP contribution in [-0.2, 0) is 6.42 Å². The number of amides is 1. The van der Waals surface area contributed by atoms with Gasteiger partial charge in [-0.05, 0) is 35.9 Å². The number of aromatic nitrogens is 2. The lowest BCUT2D eigenvalue weighted by Gasteiger charge is -2.10. The molecule has 0 aliphatic rings. The van der Waals surface area contributed by atoms with Gasteiger partial charge in [-0.2, -0.15) is 4.98 Å². The van der Waals surface area contributed by atoms with Crippen LogP contribution in [0, 0.1) is 17.5 Å². The largest absolute Gasteiger partial charge is 0.461 e. The molecule has 1 N–H and O–H groups in total. The van der Waals surface area contributed by atoms with Crippen LogP contribution in [0.1, 0.15) is 21.8 Å². The predicted octanol–water partition coefficient (Wildman–Crippen LogP) is 4.59. The van der Waals surface area contributed by atoms with Gasteiger partial charge in [-0.3, -0.25) is 4.79 Å². The van der Waals surface area contributed by atoms with Crippen LogP contribution in [0.4, 0.5) is 18.9 Å². The predicted molar refractivity (Wildman–Crippen MR) is 95.5 cm³/mol. The van der Waals surface area contributed by atoms with Gasteiger partial charge in [0.15, 0.2) is 23.2 Å². The van der Waals surface area contributed by atoms with Crippen molar-refractivity contribution in [2.75, 3.05) is 5.32 Å². The fraction of sp³-hybridized carbons (Fsp3) is 0.0500. The van der Waals surface area contributed by atoms with Crippen molar-refractivity contribution in [2.45, 2.75) is 6.42 Å². The number of nitrogens with zero attached hydrogens (tertiary/aromatic N) is 2. The van der Waals surface area contributed by atoms with E-state index in [4.69, 9.17) is 8.94 Å². The van der Waals surface area contributed by atoms with Crippen LogP contribution < -0.4 is 5.32 Å². The lowest BCUT2D eigenvalue weighted by molar-refractivity contribution is 0.102. The molecule has 0 bridgehead atoms. The van der Waals surface area contributed by atoms with E-state index in [2.05, 4.69) is 15.5 Å². The molecule has 146 valence electrons. The van der Waals surface area contributed by atoms with E-state index >= 15 is 0 Å². The molecule has 2 aromatic heterocycles. The molecule has 2 heterocycles. The number of para-hydroxylation sites is 1. The summed E-state index contributed by atoms with van der Waals surface area (Å²) in [5.41, 5.74) is 0.314. The number of halogens is 3. The molecule has 0 unspecified atom stereocenters. The summed E-state index contributed by atoms with van der Waals surface area (Å²) < 4.78 is 50.8. The van der Waals surface area contributed by atoms with Crippen LogP contribution in [0.25, 0.3) is 11.6 Å². The Bertz CT molecular complexity index is 1170. The third-order valence-corrected chi connectivity index (χ3v) is 4.10. The number of anilines is 1. The first-order chi connectivity index (χ1) is 14.0. The van der Waals surface area contributed by atoms with Crippen LogP contribution >= 0.6 is 0 Å². The van der Waals surface area contributed by atoms with Gasteiger partial charge in [-0.1, -0.05) is 23.4 Å². The summed E-state index contributed by atoms with van der Waals surface area (Å²) in [6.45, 7) is 0. The van der Waals surface area contributed by atoms with Crippen molar-refractivity contribution < 1.29 is 26.9 Å². The van der Waals surface area contributed by atoms with Crippen molar-refractivity contribution in [2.24, 2.45) is 0 Å². The number of furan rings is 1. The summed E-state index contributed by atoms with van der Waals surface area (Å²) in [4.78, 5) is 16.6. The van der Waals surface area contributed by atoms with Crippen molar-refractivity contribution >= 4 is 11.6 Å². The lowest BCUT2D eigenvalue weighted by Crippen LogP contribution is -2.16. The van der Waals surface area contributed by atoms with Gasteiger partial charge in [-0.15, -0.1) is 0 Å². The minimum atomic E-state index is -1.71. The molecule has 4 aromatic rings. The summed E-state index contributed by atoms with van der Waals surface area (Å²) >= 11 is 0. The summed E-state index contributed by atoms with van der Waals surface area (Å²) in [5, 5.41) is 6.32. The molecular formula is C20H12F3N3O3. The maximum Gasteiger partial charge on any atom is 0.258 e. The summed E-state index contributed by atoms with van der Waals surface area (Å²) in [6, 6.07) is 11.6. The number of benzene rings is 2. The molecule has 0 atom stereocenters. The van der Waals surface area contributed by atoms with Crippen LogP contribution in [-0.4, -0.2) is 16.0 Å². The molecule has 0 fully saturated rings. The Morgan fingerprint density at radius 1 is 1.00 bits per heavy atom. The quantitative estimate of drug-likeness (QED) is 0.497. The van der Waals surface area contributed by atoms with E-state index < -0.39 is 28.9 Å². The first-order valence-electron chi connectivity index (χ1n) is 8.42. The highest BCUT2D eigenvalue weighted by Gasteiger charge is 2.20. The number of rotatable bonds is 5. The highest BCUT2D eigenvalue weighted by atomic mass is 19.2. The number of carbonyl (C=O) groups is 1. The fourth-order valence-corrected chi connectivity index (χ4v) is 2.68. The molecule has 2 aromatic carbocycles. The van der Waals surface area contributed by atoms with Crippen molar-refractivity contribution in [1.29, 1.82) is 0 Å². The van der Waals surface area contributed by atoms with E-state index in [9.17, 15) is 18.0 Å². The zero-order valence-corrected chi connectivity index (χ0v) is 14.7.